The van der Waals surface area contributed by atoms with E-state index in [9.17, 15) is 18.5 Å². The molecule has 138 valence electrons. The van der Waals surface area contributed by atoms with E-state index < -0.39 is 25.6 Å². The first-order valence-electron chi connectivity index (χ1n) is 8.14. The highest BCUT2D eigenvalue weighted by Gasteiger charge is 2.29. The fourth-order valence-corrected chi connectivity index (χ4v) is 3.86. The van der Waals surface area contributed by atoms with Crippen molar-refractivity contribution in [2.24, 2.45) is 0 Å². The summed E-state index contributed by atoms with van der Waals surface area (Å²) in [6, 6.07) is 18.3. The van der Waals surface area contributed by atoms with Crippen molar-refractivity contribution in [1.82, 2.24) is 0 Å². The van der Waals surface area contributed by atoms with Crippen LogP contribution in [0.2, 0.25) is 0 Å². The fraction of sp³-hybridized carbons (Fsp3) is 0.100. The largest absolute Gasteiger partial charge is 0.378 e. The SMILES string of the molecule is Cc1cc([N+](=O)[O-])c(S(=O)(=O)Oc2ccccc2-c2ccccc2)cc1C. The third kappa shape index (κ3) is 3.83. The lowest BCUT2D eigenvalue weighted by atomic mass is 10.1. The number of aryl methyl sites for hydroxylation is 2. The molecule has 0 saturated carbocycles. The molecule has 0 heterocycles. The Morgan fingerprint density at radius 3 is 2.15 bits per heavy atom. The third-order valence-electron chi connectivity index (χ3n) is 4.21. The molecule has 3 aromatic rings. The summed E-state index contributed by atoms with van der Waals surface area (Å²) in [6.07, 6.45) is 0. The minimum absolute atomic E-state index is 0.108. The van der Waals surface area contributed by atoms with Gasteiger partial charge in [0.15, 0.2) is 10.6 Å². The maximum Gasteiger partial charge on any atom is 0.346 e. The number of rotatable bonds is 5. The Morgan fingerprint density at radius 1 is 0.889 bits per heavy atom. The molecule has 6 nitrogen and oxygen atoms in total. The number of hydrogen-bond acceptors (Lipinski definition) is 5. The highest BCUT2D eigenvalue weighted by Crippen LogP contribution is 2.34. The molecular formula is C20H17NO5S. The zero-order chi connectivity index (χ0) is 19.6. The molecular weight excluding hydrogens is 366 g/mol. The zero-order valence-electron chi connectivity index (χ0n) is 14.7. The summed E-state index contributed by atoms with van der Waals surface area (Å²) in [5, 5.41) is 11.4. The smallest absolute Gasteiger partial charge is 0.346 e. The van der Waals surface area contributed by atoms with Crippen LogP contribution in [0.15, 0.2) is 71.6 Å². The maximum absolute atomic E-state index is 12.8. The van der Waals surface area contributed by atoms with Crippen LogP contribution in [0.3, 0.4) is 0 Å². The van der Waals surface area contributed by atoms with E-state index in [-0.39, 0.29) is 5.75 Å². The Hall–Kier alpha value is -3.19. The van der Waals surface area contributed by atoms with Crippen LogP contribution in [0.1, 0.15) is 11.1 Å². The molecule has 0 fully saturated rings. The van der Waals surface area contributed by atoms with Gasteiger partial charge in [0.05, 0.1) is 4.92 Å². The van der Waals surface area contributed by atoms with Crippen molar-refractivity contribution in [3.63, 3.8) is 0 Å². The summed E-state index contributed by atoms with van der Waals surface area (Å²) in [5.74, 6) is 0.108. The van der Waals surface area contributed by atoms with Gasteiger partial charge in [-0.05, 0) is 42.7 Å². The monoisotopic (exact) mass is 383 g/mol. The molecule has 3 rings (SSSR count). The van der Waals surface area contributed by atoms with Gasteiger partial charge < -0.3 is 4.18 Å². The molecule has 0 radical (unpaired) electrons. The van der Waals surface area contributed by atoms with Gasteiger partial charge in [0.1, 0.15) is 0 Å². The van der Waals surface area contributed by atoms with Crippen LogP contribution in [0.25, 0.3) is 11.1 Å². The lowest BCUT2D eigenvalue weighted by Crippen LogP contribution is -2.13. The molecule has 0 unspecified atom stereocenters. The van der Waals surface area contributed by atoms with Crippen molar-refractivity contribution >= 4 is 15.8 Å². The summed E-state index contributed by atoms with van der Waals surface area (Å²) in [5.41, 5.74) is 2.10. The predicted octanol–water partition coefficient (Wildman–Crippen LogP) is 4.65. The highest BCUT2D eigenvalue weighted by atomic mass is 32.2. The van der Waals surface area contributed by atoms with Gasteiger partial charge in [-0.25, -0.2) is 0 Å². The van der Waals surface area contributed by atoms with Crippen LogP contribution in [0, 0.1) is 24.0 Å². The van der Waals surface area contributed by atoms with Crippen LogP contribution < -0.4 is 4.18 Å². The van der Waals surface area contributed by atoms with E-state index in [4.69, 9.17) is 4.18 Å². The van der Waals surface area contributed by atoms with Gasteiger partial charge in [0.2, 0.25) is 0 Å². The Balaban J connectivity index is 2.10. The van der Waals surface area contributed by atoms with E-state index in [0.29, 0.717) is 16.7 Å². The van der Waals surface area contributed by atoms with Crippen LogP contribution in [-0.4, -0.2) is 13.3 Å². The second-order valence-corrected chi connectivity index (χ2v) is 7.58. The van der Waals surface area contributed by atoms with Gasteiger partial charge in [-0.15, -0.1) is 0 Å². The highest BCUT2D eigenvalue weighted by molar-refractivity contribution is 7.87. The van der Waals surface area contributed by atoms with Crippen molar-refractivity contribution in [1.29, 1.82) is 0 Å². The number of para-hydroxylation sites is 1. The number of benzene rings is 3. The molecule has 0 spiro atoms. The summed E-state index contributed by atoms with van der Waals surface area (Å²) >= 11 is 0. The quantitative estimate of drug-likeness (QED) is 0.364. The average molecular weight is 383 g/mol. The number of hydrogen-bond donors (Lipinski definition) is 0. The molecule has 0 aliphatic carbocycles. The second-order valence-electron chi connectivity index (χ2n) is 6.06. The third-order valence-corrected chi connectivity index (χ3v) is 5.48. The molecule has 0 N–H and O–H groups in total. The van der Waals surface area contributed by atoms with Gasteiger partial charge in [-0.3, -0.25) is 10.1 Å². The molecule has 0 aromatic heterocycles. The Morgan fingerprint density at radius 2 is 1.48 bits per heavy atom. The first kappa shape index (κ1) is 18.6. The minimum Gasteiger partial charge on any atom is -0.378 e. The predicted molar refractivity (Wildman–Crippen MR) is 102 cm³/mol. The summed E-state index contributed by atoms with van der Waals surface area (Å²) in [4.78, 5) is 10.2. The maximum atomic E-state index is 12.8. The van der Waals surface area contributed by atoms with E-state index >= 15 is 0 Å². The number of nitrogens with zero attached hydrogens (tertiary/aromatic N) is 1. The van der Waals surface area contributed by atoms with Gasteiger partial charge in [0, 0.05) is 11.6 Å². The van der Waals surface area contributed by atoms with Crippen LogP contribution in [0.5, 0.6) is 5.75 Å². The van der Waals surface area contributed by atoms with Gasteiger partial charge in [0.25, 0.3) is 5.69 Å². The van der Waals surface area contributed by atoms with Crippen molar-refractivity contribution in [2.75, 3.05) is 0 Å². The van der Waals surface area contributed by atoms with Gasteiger partial charge in [-0.1, -0.05) is 48.5 Å². The van der Waals surface area contributed by atoms with E-state index in [0.717, 1.165) is 5.56 Å². The fourth-order valence-electron chi connectivity index (χ4n) is 2.68. The number of nitro benzene ring substituents is 1. The number of nitro groups is 1. The average Bonchev–Trinajstić information content (AvgIpc) is 2.64. The van der Waals surface area contributed by atoms with Crippen LogP contribution in [0.4, 0.5) is 5.69 Å². The van der Waals surface area contributed by atoms with Crippen molar-refractivity contribution in [3.05, 3.63) is 88.0 Å². The van der Waals surface area contributed by atoms with Gasteiger partial charge in [-0.2, -0.15) is 8.42 Å². The van der Waals surface area contributed by atoms with Crippen molar-refractivity contribution in [3.8, 4) is 16.9 Å². The summed E-state index contributed by atoms with van der Waals surface area (Å²) in [6.45, 7) is 3.38. The molecule has 0 amide bonds. The molecule has 0 aliphatic heterocycles. The minimum atomic E-state index is -4.40. The molecule has 7 heteroatoms. The van der Waals surface area contributed by atoms with E-state index in [1.54, 1.807) is 32.0 Å². The first-order chi connectivity index (χ1) is 12.8. The molecule has 27 heavy (non-hydrogen) atoms. The molecule has 0 aliphatic rings. The van der Waals surface area contributed by atoms with Crippen molar-refractivity contribution in [2.45, 2.75) is 18.7 Å². The molecule has 0 atom stereocenters. The van der Waals surface area contributed by atoms with Gasteiger partial charge >= 0.3 is 10.1 Å². The molecule has 0 saturated heterocycles. The summed E-state index contributed by atoms with van der Waals surface area (Å²) in [7, 11) is -4.40. The molecule has 3 aromatic carbocycles. The lowest BCUT2D eigenvalue weighted by Gasteiger charge is -2.13. The normalized spacial score (nSPS) is 11.2. The van der Waals surface area contributed by atoms with E-state index in [1.165, 1.54) is 18.2 Å². The van der Waals surface area contributed by atoms with Crippen LogP contribution >= 0.6 is 0 Å². The van der Waals surface area contributed by atoms with E-state index in [2.05, 4.69) is 0 Å². The Bertz CT molecular complexity index is 1110. The topological polar surface area (TPSA) is 86.5 Å². The second kappa shape index (κ2) is 7.20. The Kier molecular flexibility index (Phi) is 4.96. The Labute approximate surface area is 157 Å². The van der Waals surface area contributed by atoms with Crippen LogP contribution in [-0.2, 0) is 10.1 Å². The van der Waals surface area contributed by atoms with E-state index in [1.807, 2.05) is 30.3 Å². The van der Waals surface area contributed by atoms with Crippen molar-refractivity contribution < 1.29 is 17.5 Å². The lowest BCUT2D eigenvalue weighted by molar-refractivity contribution is -0.387. The standard InChI is InChI=1S/C20H17NO5S/c1-14-12-18(21(22)23)20(13-15(14)2)27(24,25)26-19-11-7-6-10-17(19)16-8-4-3-5-9-16/h3-13H,1-2H3. The summed E-state index contributed by atoms with van der Waals surface area (Å²) < 4.78 is 31.0. The molecule has 0 bridgehead atoms. The first-order valence-corrected chi connectivity index (χ1v) is 9.55. The zero-order valence-corrected chi connectivity index (χ0v) is 15.6.